The molecule has 2 aromatic rings. The molecule has 1 aromatic heterocycles. The van der Waals surface area contributed by atoms with Crippen LogP contribution in [0.2, 0.25) is 5.02 Å². The van der Waals surface area contributed by atoms with Crippen LogP contribution in [0.3, 0.4) is 0 Å². The van der Waals surface area contributed by atoms with Crippen molar-refractivity contribution < 1.29 is 9.53 Å². The number of allylic oxidation sites excluding steroid dienone is 2. The van der Waals surface area contributed by atoms with Gasteiger partial charge in [0, 0.05) is 30.3 Å². The predicted octanol–water partition coefficient (Wildman–Crippen LogP) is 6.15. The summed E-state index contributed by atoms with van der Waals surface area (Å²) < 4.78 is 5.09. The summed E-state index contributed by atoms with van der Waals surface area (Å²) in [6, 6.07) is 10.0. The van der Waals surface area contributed by atoms with Crippen LogP contribution in [0, 0.1) is 0 Å². The average Bonchev–Trinajstić information content (AvgIpc) is 3.25. The predicted molar refractivity (Wildman–Crippen MR) is 132 cm³/mol. The van der Waals surface area contributed by atoms with Gasteiger partial charge in [0.25, 0.3) is 0 Å². The largest absolute Gasteiger partial charge is 0.494 e. The van der Waals surface area contributed by atoms with E-state index in [2.05, 4.69) is 54.1 Å². The van der Waals surface area contributed by atoms with Crippen LogP contribution < -0.4 is 5.32 Å². The molecular formula is C24H30ClN3O2S. The number of para-hydroxylation sites is 1. The molecule has 0 radical (unpaired) electrons. The van der Waals surface area contributed by atoms with E-state index in [1.165, 1.54) is 10.5 Å². The summed E-state index contributed by atoms with van der Waals surface area (Å²) >= 11 is 7.98. The minimum atomic E-state index is 0.204. The Morgan fingerprint density at radius 2 is 2.13 bits per heavy atom. The Labute approximate surface area is 194 Å². The highest BCUT2D eigenvalue weighted by molar-refractivity contribution is 8.00. The molecule has 0 bridgehead atoms. The number of aldehydes is 1. The molecule has 0 aliphatic carbocycles. The fourth-order valence-electron chi connectivity index (χ4n) is 2.56. The lowest BCUT2D eigenvalue weighted by molar-refractivity contribution is -0.108. The van der Waals surface area contributed by atoms with E-state index >= 15 is 0 Å². The Bertz CT molecular complexity index is 846. The van der Waals surface area contributed by atoms with Crippen LogP contribution in [0.15, 0.2) is 85.3 Å². The molecule has 166 valence electrons. The molecule has 0 amide bonds. The van der Waals surface area contributed by atoms with Gasteiger partial charge in [0.2, 0.25) is 0 Å². The molecule has 5 nitrogen and oxygen atoms in total. The van der Waals surface area contributed by atoms with Crippen LogP contribution in [-0.4, -0.2) is 35.3 Å². The van der Waals surface area contributed by atoms with Crippen molar-refractivity contribution in [2.45, 2.75) is 30.3 Å². The van der Waals surface area contributed by atoms with Gasteiger partial charge < -0.3 is 14.8 Å². The fourth-order valence-corrected chi connectivity index (χ4v) is 3.96. The number of fused-ring (bicyclic) bond motifs is 1. The molecule has 0 saturated carbocycles. The molecule has 2 heterocycles. The number of ether oxygens (including phenoxy) is 1. The first-order chi connectivity index (χ1) is 15.1. The Morgan fingerprint density at radius 3 is 2.71 bits per heavy atom. The maximum Gasteiger partial charge on any atom is 0.133 e. The molecule has 1 aliphatic heterocycles. The Balaban J connectivity index is 0.000000343. The number of hydrogen-bond acceptors (Lipinski definition) is 6. The molecular weight excluding hydrogens is 430 g/mol. The summed E-state index contributed by atoms with van der Waals surface area (Å²) in [6.45, 7) is 12.7. The van der Waals surface area contributed by atoms with Gasteiger partial charge in [-0.2, -0.15) is 0 Å². The third-order valence-corrected chi connectivity index (χ3v) is 5.64. The molecule has 1 atom stereocenters. The van der Waals surface area contributed by atoms with Crippen LogP contribution in [0.25, 0.3) is 0 Å². The normalized spacial score (nSPS) is 14.2. The highest BCUT2D eigenvalue weighted by Gasteiger charge is 2.26. The molecule has 1 N–H and O–H groups in total. The number of nitrogens with one attached hydrogen (secondary N) is 1. The lowest BCUT2D eigenvalue weighted by atomic mass is 10.3. The van der Waals surface area contributed by atoms with Crippen LogP contribution in [0.1, 0.15) is 18.9 Å². The van der Waals surface area contributed by atoms with E-state index in [0.29, 0.717) is 13.0 Å². The average molecular weight is 460 g/mol. The van der Waals surface area contributed by atoms with Crippen molar-refractivity contribution in [1.29, 1.82) is 0 Å². The number of rotatable bonds is 8. The van der Waals surface area contributed by atoms with Gasteiger partial charge in [-0.25, -0.2) is 0 Å². The van der Waals surface area contributed by atoms with Crippen LogP contribution in [0.5, 0.6) is 0 Å². The summed E-state index contributed by atoms with van der Waals surface area (Å²) in [4.78, 5) is 17.4. The highest BCUT2D eigenvalue weighted by atomic mass is 35.5. The van der Waals surface area contributed by atoms with E-state index < -0.39 is 0 Å². The van der Waals surface area contributed by atoms with E-state index in [1.807, 2.05) is 31.3 Å². The van der Waals surface area contributed by atoms with Crippen molar-refractivity contribution in [1.82, 2.24) is 9.88 Å². The number of carbonyl (C=O) groups is 1. The second-order valence-electron chi connectivity index (χ2n) is 6.20. The summed E-state index contributed by atoms with van der Waals surface area (Å²) in [5.74, 6) is 0.724. The highest BCUT2D eigenvalue weighted by Crippen LogP contribution is 2.43. The van der Waals surface area contributed by atoms with Crippen LogP contribution in [0.4, 0.5) is 5.69 Å². The Kier molecular flexibility index (Phi) is 13.1. The lowest BCUT2D eigenvalue weighted by Gasteiger charge is -2.23. The maximum absolute atomic E-state index is 9.84. The van der Waals surface area contributed by atoms with Gasteiger partial charge in [-0.05, 0) is 49.9 Å². The van der Waals surface area contributed by atoms with Crippen molar-refractivity contribution in [3.8, 4) is 0 Å². The molecule has 0 fully saturated rings. The second-order valence-corrected chi connectivity index (χ2v) is 7.73. The van der Waals surface area contributed by atoms with E-state index in [1.54, 1.807) is 30.1 Å². The lowest BCUT2D eigenvalue weighted by Crippen LogP contribution is -2.32. The molecule has 3 rings (SSSR count). The summed E-state index contributed by atoms with van der Waals surface area (Å²) in [5.41, 5.74) is 2.45. The van der Waals surface area contributed by atoms with Gasteiger partial charge >= 0.3 is 0 Å². The summed E-state index contributed by atoms with van der Waals surface area (Å²) in [5, 5.41) is 4.24. The summed E-state index contributed by atoms with van der Waals surface area (Å²) in [6.07, 6.45) is 8.38. The van der Waals surface area contributed by atoms with Crippen molar-refractivity contribution in [2.75, 3.05) is 19.0 Å². The van der Waals surface area contributed by atoms with E-state index in [4.69, 9.17) is 16.3 Å². The number of carbonyl (C=O) groups excluding carboxylic acids is 1. The number of aromatic nitrogens is 1. The number of hydrogen-bond donors (Lipinski definition) is 1. The minimum Gasteiger partial charge on any atom is -0.494 e. The molecule has 1 aromatic carbocycles. The van der Waals surface area contributed by atoms with Gasteiger partial charge in [0.05, 0.1) is 17.3 Å². The monoisotopic (exact) mass is 459 g/mol. The minimum absolute atomic E-state index is 0.204. The first-order valence-corrected chi connectivity index (χ1v) is 11.0. The Morgan fingerprint density at radius 1 is 1.35 bits per heavy atom. The topological polar surface area (TPSA) is 54.5 Å². The SMILES string of the molecule is C=C.C=C/C(=C\C)OCCC=O.CN(Cc1cccnc1)C1Nc2c(Cl)cccc2S1. The molecule has 1 aliphatic rings. The molecule has 0 spiro atoms. The smallest absolute Gasteiger partial charge is 0.133 e. The molecule has 1 unspecified atom stereocenters. The number of thioether (sulfide) groups is 1. The third-order valence-electron chi connectivity index (χ3n) is 4.03. The quantitative estimate of drug-likeness (QED) is 0.168. The van der Waals surface area contributed by atoms with Gasteiger partial charge in [0.15, 0.2) is 0 Å². The van der Waals surface area contributed by atoms with Gasteiger partial charge in [0.1, 0.15) is 17.5 Å². The Hall–Kier alpha value is -2.54. The van der Waals surface area contributed by atoms with Crippen LogP contribution >= 0.6 is 23.4 Å². The standard InChI is InChI=1S/C14H14ClN3S.C8H12O2.C2H4/c1-18(9-10-4-3-7-16-8-10)14-17-13-11(15)5-2-6-12(13)19-14;1-3-8(4-2)10-7-5-6-9;1-2/h2-8,14,17H,9H2,1H3;3-4,6H,1,5,7H2,2H3;1-2H2/b;8-4+;. The van der Waals surface area contributed by atoms with Gasteiger partial charge in [-0.3, -0.25) is 9.88 Å². The fraction of sp³-hybridized carbons (Fsp3) is 0.250. The number of nitrogens with zero attached hydrogens (tertiary/aromatic N) is 2. The molecule has 0 saturated heterocycles. The number of pyridine rings is 1. The second kappa shape index (κ2) is 15.3. The zero-order chi connectivity index (χ0) is 23.1. The van der Waals surface area contributed by atoms with Crippen molar-refractivity contribution in [2.24, 2.45) is 0 Å². The summed E-state index contributed by atoms with van der Waals surface area (Å²) in [7, 11) is 2.09. The number of halogens is 1. The maximum atomic E-state index is 9.84. The van der Waals surface area contributed by atoms with Gasteiger partial charge in [-0.1, -0.05) is 42.1 Å². The third kappa shape index (κ3) is 9.00. The van der Waals surface area contributed by atoms with E-state index in [-0.39, 0.29) is 5.50 Å². The van der Waals surface area contributed by atoms with Crippen molar-refractivity contribution >= 4 is 35.3 Å². The molecule has 7 heteroatoms. The number of anilines is 1. The zero-order valence-electron chi connectivity index (χ0n) is 18.1. The first kappa shape index (κ1) is 26.5. The van der Waals surface area contributed by atoms with E-state index in [9.17, 15) is 4.79 Å². The van der Waals surface area contributed by atoms with E-state index in [0.717, 1.165) is 29.3 Å². The first-order valence-electron chi connectivity index (χ1n) is 9.75. The zero-order valence-corrected chi connectivity index (χ0v) is 19.7. The van der Waals surface area contributed by atoms with Crippen molar-refractivity contribution in [3.05, 3.63) is 91.0 Å². The van der Waals surface area contributed by atoms with Gasteiger partial charge in [-0.15, -0.1) is 13.2 Å². The number of benzene rings is 1. The molecule has 31 heavy (non-hydrogen) atoms. The van der Waals surface area contributed by atoms with Crippen LogP contribution in [-0.2, 0) is 16.1 Å². The van der Waals surface area contributed by atoms with Crippen molar-refractivity contribution in [3.63, 3.8) is 0 Å².